The number of fused-ring (bicyclic) bond motifs is 1. The van der Waals surface area contributed by atoms with Gasteiger partial charge in [0.25, 0.3) is 5.91 Å². The summed E-state index contributed by atoms with van der Waals surface area (Å²) in [6.45, 7) is 2.71. The summed E-state index contributed by atoms with van der Waals surface area (Å²) in [4.78, 5) is 18.1. The average Bonchev–Trinajstić information content (AvgIpc) is 3.24. The molecule has 31 heavy (non-hydrogen) atoms. The lowest BCUT2D eigenvalue weighted by Gasteiger charge is -2.21. The molecule has 8 nitrogen and oxygen atoms in total. The van der Waals surface area contributed by atoms with E-state index in [1.807, 2.05) is 6.92 Å². The number of aromatic amines is 1. The van der Waals surface area contributed by atoms with E-state index in [2.05, 4.69) is 11.1 Å². The number of amides is 1. The molecule has 162 valence electrons. The van der Waals surface area contributed by atoms with Crippen LogP contribution in [-0.2, 0) is 0 Å². The molecule has 1 heterocycles. The lowest BCUT2D eigenvalue weighted by Crippen LogP contribution is -2.32. The Bertz CT molecular complexity index is 1100. The minimum Gasteiger partial charge on any atom is -0.496 e. The average molecular weight is 423 g/mol. The molecule has 0 unspecified atom stereocenters. The van der Waals surface area contributed by atoms with Crippen molar-refractivity contribution < 1.29 is 23.7 Å². The Balaban J connectivity index is 2.05. The van der Waals surface area contributed by atoms with Gasteiger partial charge >= 0.3 is 0 Å². The minimum atomic E-state index is -0.279. The van der Waals surface area contributed by atoms with Crippen molar-refractivity contribution in [2.75, 3.05) is 39.4 Å². The number of hydrogen-bond donors (Lipinski definition) is 1. The number of nitriles is 1. The van der Waals surface area contributed by atoms with Crippen molar-refractivity contribution in [1.82, 2.24) is 4.98 Å². The molecule has 0 saturated heterocycles. The van der Waals surface area contributed by atoms with Crippen LogP contribution >= 0.6 is 0 Å². The van der Waals surface area contributed by atoms with E-state index in [0.717, 1.165) is 0 Å². The Morgan fingerprint density at radius 1 is 1.06 bits per heavy atom. The van der Waals surface area contributed by atoms with Crippen LogP contribution in [0.3, 0.4) is 0 Å². The van der Waals surface area contributed by atoms with Gasteiger partial charge in [-0.1, -0.05) is 0 Å². The number of benzene rings is 2. The monoisotopic (exact) mass is 423 g/mol. The molecule has 8 heteroatoms. The maximum atomic E-state index is 13.4. The fourth-order valence-electron chi connectivity index (χ4n) is 3.40. The van der Waals surface area contributed by atoms with Crippen molar-refractivity contribution in [2.45, 2.75) is 13.3 Å². The van der Waals surface area contributed by atoms with Crippen molar-refractivity contribution in [2.24, 2.45) is 0 Å². The quantitative estimate of drug-likeness (QED) is 0.555. The fourth-order valence-corrected chi connectivity index (χ4v) is 3.40. The summed E-state index contributed by atoms with van der Waals surface area (Å²) in [6.07, 6.45) is 0.194. The lowest BCUT2D eigenvalue weighted by atomic mass is 10.2. The molecule has 0 aliphatic heterocycles. The van der Waals surface area contributed by atoms with Crippen molar-refractivity contribution in [1.29, 1.82) is 5.26 Å². The number of ether oxygens (including phenoxy) is 4. The second-order valence-corrected chi connectivity index (χ2v) is 6.58. The van der Waals surface area contributed by atoms with Crippen LogP contribution in [0.25, 0.3) is 10.9 Å². The number of rotatable bonds is 9. The summed E-state index contributed by atoms with van der Waals surface area (Å²) in [5.74, 6) is 1.94. The Kier molecular flexibility index (Phi) is 6.88. The molecule has 1 aromatic heterocycles. The van der Waals surface area contributed by atoms with Crippen LogP contribution in [0.15, 0.2) is 36.4 Å². The van der Waals surface area contributed by atoms with Gasteiger partial charge in [0.05, 0.1) is 45.9 Å². The zero-order valence-electron chi connectivity index (χ0n) is 18.0. The van der Waals surface area contributed by atoms with E-state index in [9.17, 15) is 4.79 Å². The molecule has 0 saturated carbocycles. The van der Waals surface area contributed by atoms with E-state index < -0.39 is 0 Å². The second kappa shape index (κ2) is 9.76. The van der Waals surface area contributed by atoms with Gasteiger partial charge in [0.1, 0.15) is 17.2 Å². The van der Waals surface area contributed by atoms with Gasteiger partial charge in [-0.05, 0) is 37.3 Å². The summed E-state index contributed by atoms with van der Waals surface area (Å²) in [5.41, 5.74) is 1.60. The predicted octanol–water partition coefficient (Wildman–Crippen LogP) is 4.15. The highest BCUT2D eigenvalue weighted by Gasteiger charge is 2.23. The van der Waals surface area contributed by atoms with Gasteiger partial charge in [0, 0.05) is 23.7 Å². The molecular weight excluding hydrogens is 398 g/mol. The number of H-pyrrole nitrogens is 1. The van der Waals surface area contributed by atoms with Crippen LogP contribution in [0.4, 0.5) is 5.69 Å². The molecule has 3 aromatic rings. The van der Waals surface area contributed by atoms with Crippen LogP contribution in [0.2, 0.25) is 0 Å². The first-order valence-electron chi connectivity index (χ1n) is 9.81. The molecule has 2 aromatic carbocycles. The number of anilines is 1. The predicted molar refractivity (Wildman–Crippen MR) is 117 cm³/mol. The summed E-state index contributed by atoms with van der Waals surface area (Å²) in [5, 5.41) is 9.76. The van der Waals surface area contributed by atoms with Crippen LogP contribution in [-0.4, -0.2) is 45.4 Å². The number of nitrogens with zero attached hydrogens (tertiary/aromatic N) is 2. The highest BCUT2D eigenvalue weighted by Crippen LogP contribution is 2.41. The molecular formula is C23H25N3O5. The number of nitrogens with one attached hydrogen (secondary N) is 1. The molecule has 3 rings (SSSR count). The normalized spacial score (nSPS) is 10.4. The Morgan fingerprint density at radius 2 is 1.77 bits per heavy atom. The maximum absolute atomic E-state index is 13.4. The molecule has 0 aliphatic rings. The van der Waals surface area contributed by atoms with Gasteiger partial charge in [-0.15, -0.1) is 0 Å². The molecule has 1 N–H and O–H groups in total. The van der Waals surface area contributed by atoms with Crippen molar-refractivity contribution in [3.63, 3.8) is 0 Å². The van der Waals surface area contributed by atoms with Gasteiger partial charge in [-0.25, -0.2) is 0 Å². The molecule has 0 radical (unpaired) electrons. The summed E-state index contributed by atoms with van der Waals surface area (Å²) in [7, 11) is 4.62. The molecule has 0 atom stereocenters. The largest absolute Gasteiger partial charge is 0.496 e. The van der Waals surface area contributed by atoms with Crippen LogP contribution in [0, 0.1) is 11.3 Å². The summed E-state index contributed by atoms with van der Waals surface area (Å²) in [6, 6.07) is 12.7. The lowest BCUT2D eigenvalue weighted by molar-refractivity contribution is 0.0983. The maximum Gasteiger partial charge on any atom is 0.274 e. The van der Waals surface area contributed by atoms with Crippen molar-refractivity contribution in [3.05, 3.63) is 42.1 Å². The number of hydrogen-bond acceptors (Lipinski definition) is 6. The first-order valence-corrected chi connectivity index (χ1v) is 9.81. The Labute approximate surface area is 180 Å². The summed E-state index contributed by atoms with van der Waals surface area (Å²) < 4.78 is 21.8. The third kappa shape index (κ3) is 4.36. The molecule has 0 spiro atoms. The van der Waals surface area contributed by atoms with E-state index in [1.165, 1.54) is 14.2 Å². The van der Waals surface area contributed by atoms with Crippen molar-refractivity contribution in [3.8, 4) is 29.1 Å². The van der Waals surface area contributed by atoms with E-state index in [-0.39, 0.29) is 18.9 Å². The number of carbonyl (C=O) groups is 1. The first kappa shape index (κ1) is 21.8. The minimum absolute atomic E-state index is 0.194. The van der Waals surface area contributed by atoms with Gasteiger partial charge in [0.2, 0.25) is 0 Å². The zero-order chi connectivity index (χ0) is 22.4. The highest BCUT2D eigenvalue weighted by atomic mass is 16.5. The first-order chi connectivity index (χ1) is 15.1. The number of aromatic nitrogens is 1. The van der Waals surface area contributed by atoms with Crippen LogP contribution in [0.5, 0.6) is 23.0 Å². The van der Waals surface area contributed by atoms with E-state index >= 15 is 0 Å². The molecule has 0 fully saturated rings. The summed E-state index contributed by atoms with van der Waals surface area (Å²) >= 11 is 0. The Hall–Kier alpha value is -3.86. The van der Waals surface area contributed by atoms with Gasteiger partial charge < -0.3 is 28.8 Å². The van der Waals surface area contributed by atoms with E-state index in [4.69, 9.17) is 24.2 Å². The topological polar surface area (TPSA) is 96.8 Å². The molecule has 1 amide bonds. The third-order valence-corrected chi connectivity index (χ3v) is 4.82. The van der Waals surface area contributed by atoms with Gasteiger partial charge in [-0.3, -0.25) is 4.79 Å². The van der Waals surface area contributed by atoms with E-state index in [1.54, 1.807) is 48.4 Å². The second-order valence-electron chi connectivity index (χ2n) is 6.58. The number of methoxy groups -OCH3 is 3. The molecule has 0 aliphatic carbocycles. The van der Waals surface area contributed by atoms with Gasteiger partial charge in [0.15, 0.2) is 11.5 Å². The van der Waals surface area contributed by atoms with Crippen LogP contribution < -0.4 is 23.8 Å². The third-order valence-electron chi connectivity index (χ3n) is 4.82. The Morgan fingerprint density at radius 3 is 2.35 bits per heavy atom. The number of carbonyl (C=O) groups excluding carboxylic acids is 1. The standard InChI is InChI=1S/C23H25N3O5/c1-5-31-16-9-7-15(8-10-16)26(12-6-11-24)23(27)18-13-17-19(28-2)14-20(29-3)22(30-4)21(17)25-18/h7-10,13-14,25H,5-6,12H2,1-4H3. The molecule has 0 bridgehead atoms. The van der Waals surface area contributed by atoms with E-state index in [0.29, 0.717) is 51.9 Å². The van der Waals surface area contributed by atoms with Crippen LogP contribution in [0.1, 0.15) is 23.8 Å². The van der Waals surface area contributed by atoms with Gasteiger partial charge in [-0.2, -0.15) is 5.26 Å². The smallest absolute Gasteiger partial charge is 0.274 e. The zero-order valence-corrected chi connectivity index (χ0v) is 18.0. The fraction of sp³-hybridized carbons (Fsp3) is 0.304. The van der Waals surface area contributed by atoms with Crippen molar-refractivity contribution >= 4 is 22.5 Å². The highest BCUT2D eigenvalue weighted by molar-refractivity contribution is 6.09. The SMILES string of the molecule is CCOc1ccc(N(CCC#N)C(=O)c2cc3c(OC)cc(OC)c(OC)c3[nH]2)cc1.